The molecule has 1 aromatic rings. The van der Waals surface area contributed by atoms with Gasteiger partial charge in [0.1, 0.15) is 12.3 Å². The van der Waals surface area contributed by atoms with Gasteiger partial charge in [-0.15, -0.1) is 0 Å². The molecule has 1 aromatic heterocycles. The maximum absolute atomic E-state index is 10.3. The normalized spacial score (nSPS) is 10.0. The number of allylic oxidation sites excluding steroid dienone is 1. The SMILES string of the molecule is C=C(C)c1nc([N+](=O)[O-])[nH]c1CO. The second-order valence-electron chi connectivity index (χ2n) is 2.58. The third-order valence-electron chi connectivity index (χ3n) is 1.50. The van der Waals surface area contributed by atoms with Gasteiger partial charge < -0.3 is 15.2 Å². The number of aromatic nitrogens is 2. The smallest absolute Gasteiger partial charge is 0.390 e. The highest BCUT2D eigenvalue weighted by molar-refractivity contribution is 5.60. The Hall–Kier alpha value is -1.69. The molecule has 1 rings (SSSR count). The molecule has 0 aliphatic heterocycles. The summed E-state index contributed by atoms with van der Waals surface area (Å²) in [5.41, 5.74) is 1.25. The first-order valence-electron chi connectivity index (χ1n) is 3.56. The van der Waals surface area contributed by atoms with Crippen LogP contribution in [0.4, 0.5) is 5.95 Å². The topological polar surface area (TPSA) is 92.0 Å². The van der Waals surface area contributed by atoms with Gasteiger partial charge >= 0.3 is 5.95 Å². The molecule has 0 fully saturated rings. The Morgan fingerprint density at radius 2 is 2.46 bits per heavy atom. The van der Waals surface area contributed by atoms with Crippen LogP contribution in [-0.2, 0) is 6.61 Å². The van der Waals surface area contributed by atoms with Crippen LogP contribution in [0.15, 0.2) is 6.58 Å². The lowest BCUT2D eigenvalue weighted by Gasteiger charge is -1.89. The van der Waals surface area contributed by atoms with Crippen molar-refractivity contribution < 1.29 is 10.0 Å². The number of nitro groups is 1. The summed E-state index contributed by atoms with van der Waals surface area (Å²) in [5, 5.41) is 19.1. The highest BCUT2D eigenvalue weighted by Crippen LogP contribution is 2.18. The molecule has 0 amide bonds. The van der Waals surface area contributed by atoms with Crippen LogP contribution in [-0.4, -0.2) is 20.0 Å². The fourth-order valence-corrected chi connectivity index (χ4v) is 0.949. The van der Waals surface area contributed by atoms with Gasteiger partial charge in [0.15, 0.2) is 5.69 Å². The molecule has 0 saturated carbocycles. The van der Waals surface area contributed by atoms with E-state index in [0.29, 0.717) is 17.0 Å². The van der Waals surface area contributed by atoms with E-state index in [2.05, 4.69) is 16.5 Å². The van der Waals surface area contributed by atoms with Crippen molar-refractivity contribution in [3.8, 4) is 0 Å². The summed E-state index contributed by atoms with van der Waals surface area (Å²) in [4.78, 5) is 15.7. The summed E-state index contributed by atoms with van der Waals surface area (Å²) in [6.45, 7) is 4.94. The zero-order valence-corrected chi connectivity index (χ0v) is 7.07. The monoisotopic (exact) mass is 183 g/mol. The molecule has 0 aliphatic rings. The molecular formula is C7H9N3O3. The Morgan fingerprint density at radius 3 is 2.77 bits per heavy atom. The van der Waals surface area contributed by atoms with Gasteiger partial charge in [-0.05, 0) is 17.4 Å². The molecule has 13 heavy (non-hydrogen) atoms. The predicted molar refractivity (Wildman–Crippen MR) is 45.9 cm³/mol. The molecule has 0 unspecified atom stereocenters. The Labute approximate surface area is 74.1 Å². The Bertz CT molecular complexity index is 356. The summed E-state index contributed by atoms with van der Waals surface area (Å²) in [7, 11) is 0. The van der Waals surface area contributed by atoms with Crippen LogP contribution < -0.4 is 0 Å². The number of nitrogens with one attached hydrogen (secondary N) is 1. The lowest BCUT2D eigenvalue weighted by molar-refractivity contribution is -0.393. The molecular weight excluding hydrogens is 174 g/mol. The third kappa shape index (κ3) is 1.73. The van der Waals surface area contributed by atoms with E-state index in [-0.39, 0.29) is 12.6 Å². The van der Waals surface area contributed by atoms with Crippen molar-refractivity contribution in [2.45, 2.75) is 13.5 Å². The standard InChI is InChI=1S/C7H9N3O3/c1-4(2)6-5(3-11)8-7(9-6)10(12)13/h11H,1,3H2,2H3,(H,8,9). The second-order valence-corrected chi connectivity index (χ2v) is 2.58. The molecule has 0 aromatic carbocycles. The van der Waals surface area contributed by atoms with Gasteiger partial charge in [0.2, 0.25) is 0 Å². The highest BCUT2D eigenvalue weighted by atomic mass is 16.6. The number of rotatable bonds is 3. The van der Waals surface area contributed by atoms with E-state index in [1.807, 2.05) is 0 Å². The molecule has 0 saturated heterocycles. The van der Waals surface area contributed by atoms with Crippen molar-refractivity contribution in [1.29, 1.82) is 0 Å². The van der Waals surface area contributed by atoms with Crippen LogP contribution >= 0.6 is 0 Å². The summed E-state index contributed by atoms with van der Waals surface area (Å²) in [6, 6.07) is 0. The van der Waals surface area contributed by atoms with E-state index in [1.165, 1.54) is 0 Å². The Kier molecular flexibility index (Phi) is 2.43. The van der Waals surface area contributed by atoms with E-state index in [0.717, 1.165) is 0 Å². The van der Waals surface area contributed by atoms with E-state index in [1.54, 1.807) is 6.92 Å². The van der Waals surface area contributed by atoms with Crippen molar-refractivity contribution in [2.75, 3.05) is 0 Å². The highest BCUT2D eigenvalue weighted by Gasteiger charge is 2.19. The average molecular weight is 183 g/mol. The van der Waals surface area contributed by atoms with Crippen molar-refractivity contribution in [2.24, 2.45) is 0 Å². The van der Waals surface area contributed by atoms with Crippen LogP contribution in [0.3, 0.4) is 0 Å². The van der Waals surface area contributed by atoms with Crippen molar-refractivity contribution >= 4 is 11.5 Å². The molecule has 6 heteroatoms. The van der Waals surface area contributed by atoms with Crippen LogP contribution in [0.25, 0.3) is 5.57 Å². The molecule has 70 valence electrons. The molecule has 0 spiro atoms. The largest absolute Gasteiger partial charge is 0.433 e. The second kappa shape index (κ2) is 3.36. The molecule has 0 radical (unpaired) electrons. The van der Waals surface area contributed by atoms with Crippen LogP contribution in [0, 0.1) is 10.1 Å². The molecule has 0 aliphatic carbocycles. The first kappa shape index (κ1) is 9.40. The number of imidazole rings is 1. The lowest BCUT2D eigenvalue weighted by Crippen LogP contribution is -1.90. The maximum Gasteiger partial charge on any atom is 0.433 e. The van der Waals surface area contributed by atoms with Crippen LogP contribution in [0.5, 0.6) is 0 Å². The number of hydrogen-bond acceptors (Lipinski definition) is 4. The van der Waals surface area contributed by atoms with Gasteiger partial charge in [0.05, 0.1) is 0 Å². The molecule has 2 N–H and O–H groups in total. The summed E-state index contributed by atoms with van der Waals surface area (Å²) >= 11 is 0. The fraction of sp³-hybridized carbons (Fsp3) is 0.286. The van der Waals surface area contributed by atoms with E-state index in [9.17, 15) is 10.1 Å². The summed E-state index contributed by atoms with van der Waals surface area (Å²) in [5.74, 6) is -0.373. The zero-order valence-electron chi connectivity index (χ0n) is 7.07. The first-order valence-corrected chi connectivity index (χ1v) is 3.56. The quantitative estimate of drug-likeness (QED) is 0.536. The maximum atomic E-state index is 10.3. The first-order chi connectivity index (χ1) is 6.06. The van der Waals surface area contributed by atoms with Gasteiger partial charge in [-0.25, -0.2) is 4.98 Å². The van der Waals surface area contributed by atoms with E-state index < -0.39 is 4.92 Å². The number of aliphatic hydroxyl groups excluding tert-OH is 1. The van der Waals surface area contributed by atoms with Gasteiger partial charge in [0.25, 0.3) is 0 Å². The summed E-state index contributed by atoms with van der Waals surface area (Å²) < 4.78 is 0. The van der Waals surface area contributed by atoms with Crippen molar-refractivity contribution in [3.63, 3.8) is 0 Å². The van der Waals surface area contributed by atoms with Gasteiger partial charge in [-0.1, -0.05) is 11.6 Å². The number of H-pyrrole nitrogens is 1. The Morgan fingerprint density at radius 1 is 1.85 bits per heavy atom. The average Bonchev–Trinajstić information content (AvgIpc) is 2.47. The number of aromatic amines is 1. The minimum absolute atomic E-state index is 0.316. The third-order valence-corrected chi connectivity index (χ3v) is 1.50. The molecule has 0 atom stereocenters. The number of hydrogen-bond donors (Lipinski definition) is 2. The van der Waals surface area contributed by atoms with E-state index in [4.69, 9.17) is 5.11 Å². The van der Waals surface area contributed by atoms with Crippen molar-refractivity contribution in [3.05, 3.63) is 28.1 Å². The minimum atomic E-state index is -0.647. The molecule has 0 bridgehead atoms. The van der Waals surface area contributed by atoms with Gasteiger partial charge in [-0.3, -0.25) is 0 Å². The number of aliphatic hydroxyl groups is 1. The minimum Gasteiger partial charge on any atom is -0.390 e. The molecule has 1 heterocycles. The van der Waals surface area contributed by atoms with Crippen LogP contribution in [0.1, 0.15) is 18.3 Å². The molecule has 6 nitrogen and oxygen atoms in total. The zero-order chi connectivity index (χ0) is 10.0. The lowest BCUT2D eigenvalue weighted by atomic mass is 10.2. The van der Waals surface area contributed by atoms with Gasteiger partial charge in [-0.2, -0.15) is 0 Å². The van der Waals surface area contributed by atoms with Gasteiger partial charge in [0, 0.05) is 0 Å². The Balaban J connectivity index is 3.19. The van der Waals surface area contributed by atoms with E-state index >= 15 is 0 Å². The van der Waals surface area contributed by atoms with Crippen molar-refractivity contribution in [1.82, 2.24) is 9.97 Å². The summed E-state index contributed by atoms with van der Waals surface area (Å²) in [6.07, 6.45) is 0. The fourth-order valence-electron chi connectivity index (χ4n) is 0.949. The number of nitrogens with zero attached hydrogens (tertiary/aromatic N) is 2. The predicted octanol–water partition coefficient (Wildman–Crippen LogP) is 0.843. The van der Waals surface area contributed by atoms with Crippen LogP contribution in [0.2, 0.25) is 0 Å².